The van der Waals surface area contributed by atoms with Crippen LogP contribution in [-0.2, 0) is 10.1 Å². The summed E-state index contributed by atoms with van der Waals surface area (Å²) in [5.74, 6) is 0.0861. The molecule has 0 aliphatic rings. The van der Waals surface area contributed by atoms with Crippen LogP contribution in [0.3, 0.4) is 0 Å². The smallest absolute Gasteiger partial charge is 0.275 e. The number of rotatable bonds is 6. The summed E-state index contributed by atoms with van der Waals surface area (Å²) in [5, 5.41) is 7.50. The van der Waals surface area contributed by atoms with Gasteiger partial charge in [0, 0.05) is 19.0 Å². The quantitative estimate of drug-likeness (QED) is 0.562. The summed E-state index contributed by atoms with van der Waals surface area (Å²) in [5.41, 5.74) is 0. The number of nitrogens with zero attached hydrogens (tertiary/aromatic N) is 2. The van der Waals surface area contributed by atoms with E-state index in [9.17, 15) is 8.42 Å². The SMILES string of the molecule is O=S(=O)(O)C(CCCCO)c1ncccn1. The Balaban J connectivity index is 2.81. The zero-order valence-corrected chi connectivity index (χ0v) is 9.47. The first kappa shape index (κ1) is 13.0. The normalized spacial score (nSPS) is 13.6. The fraction of sp³-hybridized carbons (Fsp3) is 0.556. The molecule has 0 fully saturated rings. The van der Waals surface area contributed by atoms with Crippen LogP contribution in [0.1, 0.15) is 30.3 Å². The van der Waals surface area contributed by atoms with E-state index < -0.39 is 15.4 Å². The summed E-state index contributed by atoms with van der Waals surface area (Å²) in [6.07, 6.45) is 4.01. The van der Waals surface area contributed by atoms with Gasteiger partial charge in [-0.1, -0.05) is 0 Å². The third kappa shape index (κ3) is 3.84. The minimum Gasteiger partial charge on any atom is -0.396 e. The molecule has 1 rings (SSSR count). The standard InChI is InChI=1S/C9H14N2O4S/c12-7-2-1-4-8(16(13,14)15)9-10-5-3-6-11-9/h3,5-6,8,12H,1-2,4,7H2,(H,13,14,15). The summed E-state index contributed by atoms with van der Waals surface area (Å²) in [7, 11) is -4.21. The molecule has 0 aliphatic carbocycles. The first-order chi connectivity index (χ1) is 7.55. The zero-order valence-electron chi connectivity index (χ0n) is 8.65. The van der Waals surface area contributed by atoms with Crippen LogP contribution in [0.15, 0.2) is 18.5 Å². The Labute approximate surface area is 94.1 Å². The third-order valence-corrected chi connectivity index (χ3v) is 3.27. The molecule has 7 heteroatoms. The Hall–Kier alpha value is -1.05. The number of hydrogen-bond acceptors (Lipinski definition) is 5. The summed E-state index contributed by atoms with van der Waals surface area (Å²) < 4.78 is 31.3. The van der Waals surface area contributed by atoms with Crippen LogP contribution in [0.25, 0.3) is 0 Å². The second-order valence-corrected chi connectivity index (χ2v) is 4.93. The molecule has 0 aliphatic heterocycles. The highest BCUT2D eigenvalue weighted by atomic mass is 32.2. The average molecular weight is 246 g/mol. The van der Waals surface area contributed by atoms with Gasteiger partial charge in [0.15, 0.2) is 0 Å². The molecule has 1 unspecified atom stereocenters. The third-order valence-electron chi connectivity index (χ3n) is 2.11. The van der Waals surface area contributed by atoms with Gasteiger partial charge in [-0.2, -0.15) is 8.42 Å². The van der Waals surface area contributed by atoms with Crippen molar-refractivity contribution in [3.05, 3.63) is 24.3 Å². The molecule has 0 aromatic carbocycles. The zero-order chi connectivity index (χ0) is 12.0. The molecule has 1 aromatic heterocycles. The summed E-state index contributed by atoms with van der Waals surface area (Å²) in [4.78, 5) is 7.62. The lowest BCUT2D eigenvalue weighted by Crippen LogP contribution is -2.15. The second-order valence-electron chi connectivity index (χ2n) is 3.33. The van der Waals surface area contributed by atoms with E-state index in [1.54, 1.807) is 6.07 Å². The van der Waals surface area contributed by atoms with E-state index in [0.717, 1.165) is 0 Å². The van der Waals surface area contributed by atoms with Crippen molar-refractivity contribution in [2.24, 2.45) is 0 Å². The van der Waals surface area contributed by atoms with E-state index in [2.05, 4.69) is 9.97 Å². The first-order valence-electron chi connectivity index (χ1n) is 4.90. The Morgan fingerprint density at radius 3 is 2.38 bits per heavy atom. The Morgan fingerprint density at radius 1 is 1.25 bits per heavy atom. The lowest BCUT2D eigenvalue weighted by atomic mass is 10.2. The van der Waals surface area contributed by atoms with E-state index in [1.807, 2.05) is 0 Å². The van der Waals surface area contributed by atoms with Crippen LogP contribution in [0.5, 0.6) is 0 Å². The van der Waals surface area contributed by atoms with Crippen LogP contribution >= 0.6 is 0 Å². The molecule has 1 heterocycles. The van der Waals surface area contributed by atoms with Crippen LogP contribution in [-0.4, -0.2) is 34.7 Å². The fourth-order valence-corrected chi connectivity index (χ4v) is 2.18. The second kappa shape index (κ2) is 5.88. The molecule has 0 saturated carbocycles. The van der Waals surface area contributed by atoms with E-state index in [-0.39, 0.29) is 18.9 Å². The Morgan fingerprint density at radius 2 is 1.88 bits per heavy atom. The van der Waals surface area contributed by atoms with Gasteiger partial charge in [-0.15, -0.1) is 0 Å². The molecule has 1 aromatic rings. The van der Waals surface area contributed by atoms with Gasteiger partial charge in [0.25, 0.3) is 10.1 Å². The highest BCUT2D eigenvalue weighted by molar-refractivity contribution is 7.86. The highest BCUT2D eigenvalue weighted by Gasteiger charge is 2.26. The minimum atomic E-state index is -4.21. The Kier molecular flexibility index (Phi) is 4.78. The molecule has 0 amide bonds. The Bertz CT molecular complexity index is 407. The number of aromatic nitrogens is 2. The fourth-order valence-electron chi connectivity index (χ4n) is 1.33. The molecule has 1 atom stereocenters. The largest absolute Gasteiger partial charge is 0.396 e. The van der Waals surface area contributed by atoms with Gasteiger partial charge in [-0.05, 0) is 25.3 Å². The lowest BCUT2D eigenvalue weighted by molar-refractivity contribution is 0.282. The molecular weight excluding hydrogens is 232 g/mol. The van der Waals surface area contributed by atoms with Crippen molar-refractivity contribution < 1.29 is 18.1 Å². The average Bonchev–Trinajstić information content (AvgIpc) is 2.24. The maximum atomic E-state index is 11.1. The van der Waals surface area contributed by atoms with E-state index in [0.29, 0.717) is 12.8 Å². The van der Waals surface area contributed by atoms with E-state index in [4.69, 9.17) is 9.66 Å². The van der Waals surface area contributed by atoms with Crippen molar-refractivity contribution in [2.75, 3.05) is 6.61 Å². The van der Waals surface area contributed by atoms with Gasteiger partial charge in [0.2, 0.25) is 0 Å². The monoisotopic (exact) mass is 246 g/mol. The maximum Gasteiger partial charge on any atom is 0.275 e. The molecule has 0 saturated heterocycles. The van der Waals surface area contributed by atoms with Gasteiger partial charge in [-0.25, -0.2) is 9.97 Å². The molecular formula is C9H14N2O4S. The summed E-state index contributed by atoms with van der Waals surface area (Å²) in [6.45, 7) is -0.00611. The summed E-state index contributed by atoms with van der Waals surface area (Å²) in [6, 6.07) is 1.57. The van der Waals surface area contributed by atoms with Crippen LogP contribution in [0, 0.1) is 0 Å². The molecule has 90 valence electrons. The van der Waals surface area contributed by atoms with Crippen molar-refractivity contribution in [1.82, 2.24) is 9.97 Å². The van der Waals surface area contributed by atoms with Gasteiger partial charge < -0.3 is 5.11 Å². The highest BCUT2D eigenvalue weighted by Crippen LogP contribution is 2.23. The van der Waals surface area contributed by atoms with Crippen molar-refractivity contribution in [1.29, 1.82) is 0 Å². The van der Waals surface area contributed by atoms with E-state index in [1.165, 1.54) is 12.4 Å². The molecule has 16 heavy (non-hydrogen) atoms. The number of hydrogen-bond donors (Lipinski definition) is 2. The van der Waals surface area contributed by atoms with Gasteiger partial charge in [0.1, 0.15) is 11.1 Å². The van der Waals surface area contributed by atoms with E-state index >= 15 is 0 Å². The minimum absolute atomic E-state index is 0.00611. The van der Waals surface area contributed by atoms with Crippen molar-refractivity contribution >= 4 is 10.1 Å². The van der Waals surface area contributed by atoms with Crippen LogP contribution in [0.2, 0.25) is 0 Å². The molecule has 0 radical (unpaired) electrons. The predicted molar refractivity (Wildman–Crippen MR) is 57.3 cm³/mol. The van der Waals surface area contributed by atoms with Crippen molar-refractivity contribution in [3.63, 3.8) is 0 Å². The lowest BCUT2D eigenvalue weighted by Gasteiger charge is -2.11. The molecule has 0 bridgehead atoms. The number of unbranched alkanes of at least 4 members (excludes halogenated alkanes) is 1. The van der Waals surface area contributed by atoms with Crippen molar-refractivity contribution in [2.45, 2.75) is 24.5 Å². The topological polar surface area (TPSA) is 100 Å². The molecule has 0 spiro atoms. The molecule has 2 N–H and O–H groups in total. The van der Waals surface area contributed by atoms with Gasteiger partial charge in [-0.3, -0.25) is 4.55 Å². The van der Waals surface area contributed by atoms with Gasteiger partial charge in [0.05, 0.1) is 0 Å². The number of aliphatic hydroxyl groups is 1. The van der Waals surface area contributed by atoms with Crippen molar-refractivity contribution in [3.8, 4) is 0 Å². The van der Waals surface area contributed by atoms with Crippen LogP contribution < -0.4 is 0 Å². The van der Waals surface area contributed by atoms with Gasteiger partial charge >= 0.3 is 0 Å². The first-order valence-corrected chi connectivity index (χ1v) is 6.40. The van der Waals surface area contributed by atoms with Crippen LogP contribution in [0.4, 0.5) is 0 Å². The molecule has 6 nitrogen and oxygen atoms in total. The maximum absolute atomic E-state index is 11.1. The summed E-state index contributed by atoms with van der Waals surface area (Å²) >= 11 is 0. The number of aliphatic hydroxyl groups excluding tert-OH is 1. The predicted octanol–water partition coefficient (Wildman–Crippen LogP) is 0.568.